The molecule has 1 aliphatic heterocycles. The van der Waals surface area contributed by atoms with Gasteiger partial charge in [-0.05, 0) is 43.0 Å². The number of nitrogens with one attached hydrogen (secondary N) is 1. The van der Waals surface area contributed by atoms with Gasteiger partial charge in [0, 0.05) is 39.3 Å². The molecule has 1 aliphatic rings. The molecule has 1 N–H and O–H groups in total. The van der Waals surface area contributed by atoms with Gasteiger partial charge in [0.1, 0.15) is 17.4 Å². The van der Waals surface area contributed by atoms with Crippen molar-refractivity contribution < 1.29 is 9.59 Å². The van der Waals surface area contributed by atoms with Crippen LogP contribution < -0.4 is 5.56 Å². The molecule has 0 aliphatic carbocycles. The molecular weight excluding hydrogens is 418 g/mol. The highest BCUT2D eigenvalue weighted by Gasteiger charge is 2.32. The number of pyridine rings is 1. The van der Waals surface area contributed by atoms with E-state index in [9.17, 15) is 14.4 Å². The summed E-state index contributed by atoms with van der Waals surface area (Å²) in [6.45, 7) is 7.29. The number of carbonyl (C=O) groups is 2. The number of nitrogens with zero attached hydrogens (tertiary/aromatic N) is 4. The third kappa shape index (κ3) is 3.94. The molecular formula is C25H31N5O3. The predicted octanol–water partition coefficient (Wildman–Crippen LogP) is 2.91. The maximum atomic E-state index is 13.7. The number of rotatable bonds is 6. The van der Waals surface area contributed by atoms with Gasteiger partial charge in [0.15, 0.2) is 0 Å². The van der Waals surface area contributed by atoms with Crippen molar-refractivity contribution >= 4 is 22.8 Å². The average molecular weight is 450 g/mol. The maximum absolute atomic E-state index is 13.7. The van der Waals surface area contributed by atoms with Gasteiger partial charge in [-0.2, -0.15) is 0 Å². The number of benzene rings is 1. The molecule has 3 heterocycles. The number of hydrogen-bond donors (Lipinski definition) is 1. The van der Waals surface area contributed by atoms with E-state index in [1.807, 2.05) is 49.9 Å². The first-order valence-electron chi connectivity index (χ1n) is 11.6. The average Bonchev–Trinajstić information content (AvgIpc) is 3.21. The fraction of sp³-hybridized carbons (Fsp3) is 0.440. The van der Waals surface area contributed by atoms with Crippen molar-refractivity contribution in [3.05, 3.63) is 63.3 Å². The summed E-state index contributed by atoms with van der Waals surface area (Å²) in [7, 11) is 1.69. The molecule has 0 radical (unpaired) electrons. The molecule has 8 nitrogen and oxygen atoms in total. The summed E-state index contributed by atoms with van der Waals surface area (Å²) in [6, 6.07) is 7.55. The smallest absolute Gasteiger partial charge is 0.261 e. The summed E-state index contributed by atoms with van der Waals surface area (Å²) in [5.41, 5.74) is 3.26. The lowest BCUT2D eigenvalue weighted by atomic mass is 9.95. The first-order chi connectivity index (χ1) is 15.9. The van der Waals surface area contributed by atoms with E-state index in [1.54, 1.807) is 13.2 Å². The van der Waals surface area contributed by atoms with Crippen LogP contribution >= 0.6 is 0 Å². The zero-order chi connectivity index (χ0) is 23.7. The van der Waals surface area contributed by atoms with E-state index in [0.717, 1.165) is 34.4 Å². The number of para-hydroxylation sites is 2. The minimum absolute atomic E-state index is 0.0331. The van der Waals surface area contributed by atoms with Gasteiger partial charge in [-0.1, -0.05) is 26.0 Å². The van der Waals surface area contributed by atoms with Gasteiger partial charge < -0.3 is 19.4 Å². The van der Waals surface area contributed by atoms with E-state index in [1.165, 1.54) is 4.90 Å². The molecule has 0 fully saturated rings. The van der Waals surface area contributed by atoms with Crippen molar-refractivity contribution in [3.63, 3.8) is 0 Å². The molecule has 0 spiro atoms. The lowest BCUT2D eigenvalue weighted by Gasteiger charge is -2.33. The third-order valence-corrected chi connectivity index (χ3v) is 6.60. The Balaban J connectivity index is 1.67. The Kier molecular flexibility index (Phi) is 6.35. The summed E-state index contributed by atoms with van der Waals surface area (Å²) >= 11 is 0. The highest BCUT2D eigenvalue weighted by atomic mass is 16.2. The van der Waals surface area contributed by atoms with Crippen LogP contribution in [0.1, 0.15) is 60.5 Å². The molecule has 3 aromatic rings. The SMILES string of the molecule is CCc1nc2ccccc2n1C(CC)C(=O)N1CCc2c(c[nH]c(=O)c2C(=O)N(C)CC)C1. The molecule has 0 saturated heterocycles. The second-order valence-electron chi connectivity index (χ2n) is 8.49. The van der Waals surface area contributed by atoms with E-state index in [-0.39, 0.29) is 29.0 Å². The summed E-state index contributed by atoms with van der Waals surface area (Å²) in [6.07, 6.45) is 3.50. The molecule has 1 atom stereocenters. The summed E-state index contributed by atoms with van der Waals surface area (Å²) in [5.74, 6) is 0.652. The monoisotopic (exact) mass is 449 g/mol. The van der Waals surface area contributed by atoms with E-state index >= 15 is 0 Å². The van der Waals surface area contributed by atoms with Crippen LogP contribution in [-0.2, 0) is 24.2 Å². The van der Waals surface area contributed by atoms with Crippen LogP contribution in [0.2, 0.25) is 0 Å². The topological polar surface area (TPSA) is 91.3 Å². The Bertz CT molecular complexity index is 1260. The Hall–Kier alpha value is -3.42. The molecule has 0 saturated carbocycles. The Morgan fingerprint density at radius 1 is 1.21 bits per heavy atom. The number of aromatic amines is 1. The minimum atomic E-state index is -0.372. The number of carbonyl (C=O) groups excluding carboxylic acids is 2. The van der Waals surface area contributed by atoms with Crippen LogP contribution in [-0.4, -0.2) is 56.3 Å². The number of aryl methyl sites for hydroxylation is 1. The lowest BCUT2D eigenvalue weighted by molar-refractivity contribution is -0.135. The second kappa shape index (κ2) is 9.21. The van der Waals surface area contributed by atoms with Crippen molar-refractivity contribution in [1.82, 2.24) is 24.3 Å². The highest BCUT2D eigenvalue weighted by molar-refractivity contribution is 5.95. The number of imidazole rings is 1. The number of aromatic nitrogens is 3. The molecule has 1 aromatic carbocycles. The van der Waals surface area contributed by atoms with Crippen LogP contribution in [0.3, 0.4) is 0 Å². The van der Waals surface area contributed by atoms with Gasteiger partial charge in [-0.25, -0.2) is 4.98 Å². The molecule has 174 valence electrons. The Labute approximate surface area is 193 Å². The normalized spacial score (nSPS) is 14.2. The summed E-state index contributed by atoms with van der Waals surface area (Å²) < 4.78 is 2.07. The molecule has 0 bridgehead atoms. The first kappa shape index (κ1) is 22.8. The van der Waals surface area contributed by atoms with E-state index in [0.29, 0.717) is 32.5 Å². The van der Waals surface area contributed by atoms with E-state index in [4.69, 9.17) is 4.98 Å². The number of amides is 2. The largest absolute Gasteiger partial charge is 0.342 e. The zero-order valence-corrected chi connectivity index (χ0v) is 19.7. The predicted molar refractivity (Wildman–Crippen MR) is 127 cm³/mol. The van der Waals surface area contributed by atoms with Gasteiger partial charge in [-0.15, -0.1) is 0 Å². The Morgan fingerprint density at radius 2 is 1.97 bits per heavy atom. The lowest BCUT2D eigenvalue weighted by Crippen LogP contribution is -2.42. The molecule has 33 heavy (non-hydrogen) atoms. The summed E-state index contributed by atoms with van der Waals surface area (Å²) in [4.78, 5) is 49.8. The molecule has 4 rings (SSSR count). The maximum Gasteiger partial charge on any atom is 0.261 e. The van der Waals surface area contributed by atoms with Crippen molar-refractivity contribution in [2.75, 3.05) is 20.1 Å². The quantitative estimate of drug-likeness (QED) is 0.626. The van der Waals surface area contributed by atoms with Crippen LogP contribution in [0.4, 0.5) is 0 Å². The minimum Gasteiger partial charge on any atom is -0.342 e. The van der Waals surface area contributed by atoms with Crippen LogP contribution in [0, 0.1) is 0 Å². The van der Waals surface area contributed by atoms with Gasteiger partial charge in [0.25, 0.3) is 11.5 Å². The van der Waals surface area contributed by atoms with Crippen molar-refractivity contribution in [1.29, 1.82) is 0 Å². The van der Waals surface area contributed by atoms with Gasteiger partial charge in [0.2, 0.25) is 5.91 Å². The van der Waals surface area contributed by atoms with Gasteiger partial charge >= 0.3 is 0 Å². The van der Waals surface area contributed by atoms with Gasteiger partial charge in [-0.3, -0.25) is 14.4 Å². The second-order valence-corrected chi connectivity index (χ2v) is 8.49. The highest BCUT2D eigenvalue weighted by Crippen LogP contribution is 2.28. The molecule has 2 amide bonds. The van der Waals surface area contributed by atoms with Crippen molar-refractivity contribution in [3.8, 4) is 0 Å². The molecule has 1 unspecified atom stereocenters. The zero-order valence-electron chi connectivity index (χ0n) is 19.7. The van der Waals surface area contributed by atoms with Crippen LogP contribution in [0.15, 0.2) is 35.3 Å². The third-order valence-electron chi connectivity index (χ3n) is 6.60. The first-order valence-corrected chi connectivity index (χ1v) is 11.6. The van der Waals surface area contributed by atoms with Crippen LogP contribution in [0.5, 0.6) is 0 Å². The summed E-state index contributed by atoms with van der Waals surface area (Å²) in [5, 5.41) is 0. The van der Waals surface area contributed by atoms with E-state index < -0.39 is 0 Å². The fourth-order valence-corrected chi connectivity index (χ4v) is 4.69. The van der Waals surface area contributed by atoms with Crippen molar-refractivity contribution in [2.24, 2.45) is 0 Å². The van der Waals surface area contributed by atoms with Gasteiger partial charge in [0.05, 0.1) is 11.0 Å². The van der Waals surface area contributed by atoms with Crippen LogP contribution in [0.25, 0.3) is 11.0 Å². The number of H-pyrrole nitrogens is 1. The molecule has 8 heteroatoms. The van der Waals surface area contributed by atoms with E-state index in [2.05, 4.69) is 9.55 Å². The Morgan fingerprint density at radius 3 is 2.67 bits per heavy atom. The fourth-order valence-electron chi connectivity index (χ4n) is 4.69. The molecule has 2 aromatic heterocycles. The standard InChI is InChI=1S/C25H31N5O3/c1-5-19(30-20-11-9-8-10-18(20)27-21(30)6-2)24(32)29-13-12-17-16(15-29)14-26-23(31)22(17)25(33)28(4)7-3/h8-11,14,19H,5-7,12-13,15H2,1-4H3,(H,26,31). The van der Waals surface area contributed by atoms with Crippen molar-refractivity contribution in [2.45, 2.75) is 52.6 Å². The number of fused-ring (bicyclic) bond motifs is 2. The number of hydrogen-bond acceptors (Lipinski definition) is 4.